The summed E-state index contributed by atoms with van der Waals surface area (Å²) in [6.07, 6.45) is 0. The smallest absolute Gasteiger partial charge is 0.0149 e. The van der Waals surface area contributed by atoms with E-state index in [1.807, 2.05) is 41.5 Å². The molecule has 0 aromatic heterocycles. The van der Waals surface area contributed by atoms with Crippen LogP contribution in [0, 0.1) is 0 Å². The Morgan fingerprint density at radius 2 is 0.429 bits per heavy atom. The van der Waals surface area contributed by atoms with Crippen molar-refractivity contribution in [1.29, 1.82) is 0 Å². The lowest BCUT2D eigenvalue weighted by Gasteiger charge is -1.07. The largest absolute Gasteiger partial charge is 0.0683 e. The molecule has 0 spiro atoms. The Morgan fingerprint density at radius 1 is 0.429 bits per heavy atom. The molecule has 0 radical (unpaired) electrons. The van der Waals surface area contributed by atoms with Crippen LogP contribution < -0.4 is 0 Å². The molecule has 0 bridgehead atoms. The zero-order chi connectivity index (χ0) is 6.00. The minimum Gasteiger partial charge on any atom is -0.0683 e. The van der Waals surface area contributed by atoms with Crippen molar-refractivity contribution >= 4 is 11.0 Å². The number of hydrogen-bond acceptors (Lipinski definition) is 0. The molecule has 0 heterocycles. The van der Waals surface area contributed by atoms with Crippen molar-refractivity contribution in [3.8, 4) is 0 Å². The average molecular weight is 122 g/mol. The third-order valence-corrected chi connectivity index (χ3v) is 0. The second kappa shape index (κ2) is 3600. The Balaban J connectivity index is -0.00000000900. The second-order valence-electron chi connectivity index (χ2n) is 0. The minimum atomic E-state index is 0. The van der Waals surface area contributed by atoms with Crippen molar-refractivity contribution < 1.29 is 0 Å². The Bertz CT molecular complexity index is 4.14. The van der Waals surface area contributed by atoms with Crippen LogP contribution in [0.1, 0.15) is 41.5 Å². The highest BCUT2D eigenvalue weighted by atomic mass is 28.1. The van der Waals surface area contributed by atoms with Gasteiger partial charge in [-0.25, -0.2) is 0 Å². The zero-order valence-corrected chi connectivity index (χ0v) is 6.00. The van der Waals surface area contributed by atoms with Crippen molar-refractivity contribution in [2.24, 2.45) is 0 Å². The van der Waals surface area contributed by atoms with E-state index in [0.29, 0.717) is 0 Å². The third-order valence-electron chi connectivity index (χ3n) is 0. The highest BCUT2D eigenvalue weighted by Crippen LogP contribution is 1.15. The van der Waals surface area contributed by atoms with E-state index in [1.54, 1.807) is 0 Å². The topological polar surface area (TPSA) is 0 Å². The lowest BCUT2D eigenvalue weighted by atomic mass is 11.0. The summed E-state index contributed by atoms with van der Waals surface area (Å²) in [6, 6.07) is 0. The van der Waals surface area contributed by atoms with E-state index in [2.05, 4.69) is 0 Å². The van der Waals surface area contributed by atoms with Crippen LogP contribution in [-0.2, 0) is 0 Å². The molecular weight excluding hydrogens is 100 g/mol. The van der Waals surface area contributed by atoms with Crippen molar-refractivity contribution in [3.05, 3.63) is 0 Å². The van der Waals surface area contributed by atoms with E-state index >= 15 is 0 Å². The average Bonchev–Trinajstić information content (AvgIpc) is 1.81. The summed E-state index contributed by atoms with van der Waals surface area (Å²) >= 11 is 0. The van der Waals surface area contributed by atoms with E-state index in [1.165, 1.54) is 0 Å². The van der Waals surface area contributed by atoms with Gasteiger partial charge < -0.3 is 0 Å². The maximum Gasteiger partial charge on any atom is -0.0149 e. The fourth-order valence-electron chi connectivity index (χ4n) is 0. The Morgan fingerprint density at radius 3 is 0.429 bits per heavy atom. The lowest BCUT2D eigenvalue weighted by molar-refractivity contribution is 1.50. The van der Waals surface area contributed by atoms with Gasteiger partial charge in [-0.1, -0.05) is 41.5 Å². The number of hydrogen-bond donors (Lipinski definition) is 0. The van der Waals surface area contributed by atoms with Crippen molar-refractivity contribution in [3.63, 3.8) is 0 Å². The standard InChI is InChI=1S/3C2H6.H4Si/c3*1-2;/h3*1-2H3;1H4. The van der Waals surface area contributed by atoms with Crippen molar-refractivity contribution in [2.45, 2.75) is 41.5 Å². The Kier molecular flexibility index (Phi) is 13900. The van der Waals surface area contributed by atoms with Gasteiger partial charge in [-0.15, -0.1) is 0 Å². The summed E-state index contributed by atoms with van der Waals surface area (Å²) in [5.41, 5.74) is 0. The molecule has 0 N–H and O–H groups in total. The molecule has 0 aromatic rings. The van der Waals surface area contributed by atoms with Crippen LogP contribution in [0.4, 0.5) is 0 Å². The van der Waals surface area contributed by atoms with E-state index in [-0.39, 0.29) is 11.0 Å². The SMILES string of the molecule is CC.CC.CC.[SiH4]. The van der Waals surface area contributed by atoms with Crippen LogP contribution in [-0.4, -0.2) is 11.0 Å². The van der Waals surface area contributed by atoms with Gasteiger partial charge in [0.05, 0.1) is 0 Å². The van der Waals surface area contributed by atoms with E-state index in [0.717, 1.165) is 0 Å². The molecule has 7 heavy (non-hydrogen) atoms. The fourth-order valence-corrected chi connectivity index (χ4v) is 0. The number of rotatable bonds is 0. The fraction of sp³-hybridized carbons (Fsp3) is 1.00. The summed E-state index contributed by atoms with van der Waals surface area (Å²) in [7, 11) is 0. The van der Waals surface area contributed by atoms with E-state index in [9.17, 15) is 0 Å². The van der Waals surface area contributed by atoms with Gasteiger partial charge in [-0.2, -0.15) is 0 Å². The van der Waals surface area contributed by atoms with Gasteiger partial charge in [-0.3, -0.25) is 0 Å². The summed E-state index contributed by atoms with van der Waals surface area (Å²) in [4.78, 5) is 0. The summed E-state index contributed by atoms with van der Waals surface area (Å²) in [6.45, 7) is 12.0. The van der Waals surface area contributed by atoms with Crippen LogP contribution in [0.25, 0.3) is 0 Å². The van der Waals surface area contributed by atoms with Crippen molar-refractivity contribution in [2.75, 3.05) is 0 Å². The van der Waals surface area contributed by atoms with Gasteiger partial charge in [0.2, 0.25) is 0 Å². The highest BCUT2D eigenvalue weighted by molar-refractivity contribution is 5.75. The molecule has 50 valence electrons. The van der Waals surface area contributed by atoms with E-state index in [4.69, 9.17) is 0 Å². The van der Waals surface area contributed by atoms with Crippen LogP contribution in [0.2, 0.25) is 0 Å². The van der Waals surface area contributed by atoms with Gasteiger partial charge >= 0.3 is 0 Å². The Labute approximate surface area is 53.3 Å². The lowest BCUT2D eigenvalue weighted by Crippen LogP contribution is -0.856. The van der Waals surface area contributed by atoms with Crippen LogP contribution in [0.5, 0.6) is 0 Å². The summed E-state index contributed by atoms with van der Waals surface area (Å²) < 4.78 is 0. The quantitative estimate of drug-likeness (QED) is 0.428. The molecule has 0 unspecified atom stereocenters. The maximum absolute atomic E-state index is 2.00. The molecular formula is C6H22Si. The molecule has 0 nitrogen and oxygen atoms in total. The van der Waals surface area contributed by atoms with Gasteiger partial charge in [-0.05, 0) is 11.0 Å². The first-order chi connectivity index (χ1) is 3.00. The van der Waals surface area contributed by atoms with Crippen LogP contribution >= 0.6 is 0 Å². The molecule has 0 amide bonds. The van der Waals surface area contributed by atoms with Crippen LogP contribution in [0.3, 0.4) is 0 Å². The first-order valence-electron chi connectivity index (χ1n) is 3.00. The van der Waals surface area contributed by atoms with Gasteiger partial charge in [0.25, 0.3) is 0 Å². The first-order valence-corrected chi connectivity index (χ1v) is 3.00. The monoisotopic (exact) mass is 122 g/mol. The Hall–Kier alpha value is 0.217. The molecule has 1 heteroatoms. The molecule has 0 aliphatic carbocycles. The van der Waals surface area contributed by atoms with Crippen LogP contribution in [0.15, 0.2) is 0 Å². The van der Waals surface area contributed by atoms with Gasteiger partial charge in [0.1, 0.15) is 0 Å². The predicted molar refractivity (Wildman–Crippen MR) is 45.4 cm³/mol. The molecule has 0 rings (SSSR count). The molecule has 0 atom stereocenters. The highest BCUT2D eigenvalue weighted by Gasteiger charge is 0.936. The second-order valence-corrected chi connectivity index (χ2v) is 0. The first kappa shape index (κ1) is 27.0. The zero-order valence-electron chi connectivity index (χ0n) is 6.00. The summed E-state index contributed by atoms with van der Waals surface area (Å²) in [5.74, 6) is 0. The summed E-state index contributed by atoms with van der Waals surface area (Å²) in [5, 5.41) is 0. The van der Waals surface area contributed by atoms with E-state index < -0.39 is 0 Å². The molecule has 0 saturated heterocycles. The minimum absolute atomic E-state index is 0. The van der Waals surface area contributed by atoms with Gasteiger partial charge in [0.15, 0.2) is 0 Å². The molecule has 0 aliphatic heterocycles. The maximum atomic E-state index is 2.00. The molecule has 0 fully saturated rings. The molecule has 0 aliphatic rings. The van der Waals surface area contributed by atoms with Gasteiger partial charge in [0, 0.05) is 0 Å². The normalized spacial score (nSPS) is 2.57. The third kappa shape index (κ3) is 2350. The molecule has 0 aromatic carbocycles. The predicted octanol–water partition coefficient (Wildman–Crippen LogP) is 1.63. The molecule has 0 saturated carbocycles. The van der Waals surface area contributed by atoms with Crippen molar-refractivity contribution in [1.82, 2.24) is 0 Å².